The summed E-state index contributed by atoms with van der Waals surface area (Å²) in [6.45, 7) is 2.18. The van der Waals surface area contributed by atoms with E-state index in [2.05, 4.69) is 5.10 Å². The van der Waals surface area contributed by atoms with Gasteiger partial charge in [0.15, 0.2) is 0 Å². The summed E-state index contributed by atoms with van der Waals surface area (Å²) in [5, 5.41) is 4.23. The maximum atomic E-state index is 13.2. The van der Waals surface area contributed by atoms with Gasteiger partial charge in [-0.2, -0.15) is 5.10 Å². The Bertz CT molecular complexity index is 820. The van der Waals surface area contributed by atoms with Gasteiger partial charge in [-0.3, -0.25) is 9.59 Å². The Balaban J connectivity index is 1.55. The summed E-state index contributed by atoms with van der Waals surface area (Å²) in [5.41, 5.74) is 1.47. The van der Waals surface area contributed by atoms with Crippen LogP contribution in [0.2, 0.25) is 0 Å². The Labute approximate surface area is 158 Å². The second-order valence-corrected chi connectivity index (χ2v) is 7.16. The lowest BCUT2D eigenvalue weighted by Crippen LogP contribution is -2.49. The van der Waals surface area contributed by atoms with E-state index in [1.807, 2.05) is 46.3 Å². The van der Waals surface area contributed by atoms with Crippen LogP contribution >= 0.6 is 0 Å². The van der Waals surface area contributed by atoms with Gasteiger partial charge >= 0.3 is 0 Å². The molecule has 0 N–H and O–H groups in total. The highest BCUT2D eigenvalue weighted by atomic mass is 16.5. The van der Waals surface area contributed by atoms with Gasteiger partial charge in [-0.05, 0) is 37.1 Å². The third-order valence-corrected chi connectivity index (χ3v) is 5.48. The summed E-state index contributed by atoms with van der Waals surface area (Å²) in [4.78, 5) is 29.7. The molecule has 142 valence electrons. The van der Waals surface area contributed by atoms with Crippen molar-refractivity contribution >= 4 is 11.8 Å². The summed E-state index contributed by atoms with van der Waals surface area (Å²) < 4.78 is 6.89. The Morgan fingerprint density at radius 3 is 2.93 bits per heavy atom. The first-order valence-electron chi connectivity index (χ1n) is 9.36. The highest BCUT2D eigenvalue weighted by Crippen LogP contribution is 2.30. The van der Waals surface area contributed by atoms with Gasteiger partial charge in [-0.25, -0.2) is 4.68 Å². The van der Waals surface area contributed by atoms with Crippen molar-refractivity contribution in [1.82, 2.24) is 19.6 Å². The number of carbonyl (C=O) groups is 2. The van der Waals surface area contributed by atoms with E-state index in [1.165, 1.54) is 0 Å². The zero-order valence-corrected chi connectivity index (χ0v) is 15.5. The van der Waals surface area contributed by atoms with Crippen LogP contribution in [0.1, 0.15) is 23.2 Å². The molecule has 2 aromatic rings. The first-order valence-corrected chi connectivity index (χ1v) is 9.36. The van der Waals surface area contributed by atoms with Gasteiger partial charge in [0.05, 0.1) is 18.2 Å². The van der Waals surface area contributed by atoms with Crippen molar-refractivity contribution in [3.63, 3.8) is 0 Å². The van der Waals surface area contributed by atoms with E-state index < -0.39 is 0 Å². The van der Waals surface area contributed by atoms with Gasteiger partial charge < -0.3 is 14.5 Å². The Kier molecular flexibility index (Phi) is 4.94. The summed E-state index contributed by atoms with van der Waals surface area (Å²) in [6, 6.07) is 9.39. The predicted octanol–water partition coefficient (Wildman–Crippen LogP) is 1.58. The van der Waals surface area contributed by atoms with Crippen LogP contribution < -0.4 is 0 Å². The van der Waals surface area contributed by atoms with E-state index in [9.17, 15) is 9.59 Å². The molecule has 2 atom stereocenters. The molecule has 0 aliphatic carbocycles. The van der Waals surface area contributed by atoms with E-state index >= 15 is 0 Å². The molecule has 2 amide bonds. The fourth-order valence-electron chi connectivity index (χ4n) is 4.08. The van der Waals surface area contributed by atoms with E-state index in [1.54, 1.807) is 18.0 Å². The maximum Gasteiger partial charge on any atom is 0.254 e. The number of hydrogen-bond acceptors (Lipinski definition) is 4. The quantitative estimate of drug-likeness (QED) is 0.804. The molecule has 4 heterocycles. The van der Waals surface area contributed by atoms with Crippen molar-refractivity contribution in [2.45, 2.75) is 18.9 Å². The van der Waals surface area contributed by atoms with Crippen molar-refractivity contribution in [2.24, 2.45) is 5.92 Å². The van der Waals surface area contributed by atoms with Gasteiger partial charge in [-0.1, -0.05) is 6.07 Å². The molecule has 3 saturated heterocycles. The molecule has 0 unspecified atom stereocenters. The number of aromatic nitrogens is 2. The number of rotatable bonds is 5. The number of ether oxygens (including phenoxy) is 1. The Hall–Kier alpha value is -2.67. The molecule has 27 heavy (non-hydrogen) atoms. The van der Waals surface area contributed by atoms with Crippen LogP contribution in [0.15, 0.2) is 42.7 Å². The number of hydrogen-bond donors (Lipinski definition) is 0. The third kappa shape index (κ3) is 3.47. The van der Waals surface area contributed by atoms with Crippen molar-refractivity contribution in [1.29, 1.82) is 0 Å². The molecule has 0 spiro atoms. The van der Waals surface area contributed by atoms with Crippen molar-refractivity contribution in [3.05, 3.63) is 48.3 Å². The average molecular weight is 368 g/mol. The molecule has 7 nitrogen and oxygen atoms in total. The first kappa shape index (κ1) is 17.7. The second kappa shape index (κ2) is 7.52. The Morgan fingerprint density at radius 2 is 2.15 bits per heavy atom. The number of amides is 2. The molecule has 2 bridgehead atoms. The number of fused-ring (bicyclic) bond motifs is 4. The van der Waals surface area contributed by atoms with Crippen LogP contribution in [0.3, 0.4) is 0 Å². The second-order valence-electron chi connectivity index (χ2n) is 7.16. The Morgan fingerprint density at radius 1 is 1.26 bits per heavy atom. The molecule has 5 rings (SSSR count). The van der Waals surface area contributed by atoms with Gasteiger partial charge in [-0.15, -0.1) is 0 Å². The van der Waals surface area contributed by atoms with E-state index in [-0.39, 0.29) is 23.8 Å². The molecule has 3 fully saturated rings. The van der Waals surface area contributed by atoms with Crippen LogP contribution in [0.25, 0.3) is 5.69 Å². The monoisotopic (exact) mass is 368 g/mol. The van der Waals surface area contributed by atoms with Gasteiger partial charge in [0.1, 0.15) is 0 Å². The molecule has 3 aliphatic rings. The lowest BCUT2D eigenvalue weighted by atomic mass is 9.94. The summed E-state index contributed by atoms with van der Waals surface area (Å²) in [5.74, 6) is 0.0186. The fourth-order valence-corrected chi connectivity index (χ4v) is 4.08. The molecular formula is C20H24N4O3. The first-order chi connectivity index (χ1) is 13.2. The largest absolute Gasteiger partial charge is 0.383 e. The summed E-state index contributed by atoms with van der Waals surface area (Å²) in [6.07, 6.45) is 5.35. The summed E-state index contributed by atoms with van der Waals surface area (Å²) in [7, 11) is 1.64. The maximum absolute atomic E-state index is 13.2. The van der Waals surface area contributed by atoms with Gasteiger partial charge in [0.2, 0.25) is 5.91 Å². The minimum Gasteiger partial charge on any atom is -0.383 e. The number of methoxy groups -OCH3 is 1. The highest BCUT2D eigenvalue weighted by Gasteiger charge is 2.41. The number of carbonyl (C=O) groups excluding carboxylic acids is 2. The molecule has 0 saturated carbocycles. The van der Waals surface area contributed by atoms with Crippen LogP contribution in [0, 0.1) is 5.92 Å². The van der Waals surface area contributed by atoms with Gasteiger partial charge in [0.25, 0.3) is 5.91 Å². The zero-order valence-electron chi connectivity index (χ0n) is 15.5. The number of piperidine rings is 1. The zero-order chi connectivity index (χ0) is 18.8. The third-order valence-electron chi connectivity index (χ3n) is 5.48. The fraction of sp³-hybridized carbons (Fsp3) is 0.450. The van der Waals surface area contributed by atoms with Crippen LogP contribution in [-0.2, 0) is 9.53 Å². The van der Waals surface area contributed by atoms with E-state index in [0.29, 0.717) is 31.8 Å². The molecule has 7 heteroatoms. The lowest BCUT2D eigenvalue weighted by Gasteiger charge is -2.35. The van der Waals surface area contributed by atoms with Crippen LogP contribution in [-0.4, -0.2) is 70.8 Å². The van der Waals surface area contributed by atoms with Crippen molar-refractivity contribution < 1.29 is 14.3 Å². The molecular weight excluding hydrogens is 344 g/mol. The smallest absolute Gasteiger partial charge is 0.254 e. The molecule has 1 aromatic heterocycles. The normalized spacial score (nSPS) is 22.2. The highest BCUT2D eigenvalue weighted by molar-refractivity contribution is 5.95. The predicted molar refractivity (Wildman–Crippen MR) is 99.6 cm³/mol. The minimum absolute atomic E-state index is 0.0257. The number of nitrogens with zero attached hydrogens (tertiary/aromatic N) is 4. The lowest BCUT2D eigenvalue weighted by molar-refractivity contribution is -0.140. The standard InChI is InChI=1S/C20H24N4O3/c1-27-11-10-23-18-7-6-16(20(23)26)13-22(14-18)19(25)15-4-2-5-17(12-15)24-9-3-8-21-24/h2-5,8-9,12,16,18H,6-7,10-11,13-14H2,1H3/t16-,18+/m0/s1. The van der Waals surface area contributed by atoms with Gasteiger partial charge in [0, 0.05) is 50.7 Å². The molecule has 3 aliphatic heterocycles. The van der Waals surface area contributed by atoms with Crippen LogP contribution in [0.4, 0.5) is 0 Å². The topological polar surface area (TPSA) is 67.7 Å². The van der Waals surface area contributed by atoms with Crippen LogP contribution in [0.5, 0.6) is 0 Å². The molecule has 0 radical (unpaired) electrons. The SMILES string of the molecule is COCCN1C(=O)[C@H]2CC[C@@H]1CN(C(=O)c1cccc(-n3cccn3)c1)C2. The van der Waals surface area contributed by atoms with E-state index in [0.717, 1.165) is 18.5 Å². The minimum atomic E-state index is -0.112. The van der Waals surface area contributed by atoms with Crippen molar-refractivity contribution in [2.75, 3.05) is 33.4 Å². The molecule has 1 aromatic carbocycles. The average Bonchev–Trinajstić information content (AvgIpc) is 3.10. The van der Waals surface area contributed by atoms with Crippen molar-refractivity contribution in [3.8, 4) is 5.69 Å². The van der Waals surface area contributed by atoms with E-state index in [4.69, 9.17) is 4.74 Å². The number of benzene rings is 1. The summed E-state index contributed by atoms with van der Waals surface area (Å²) >= 11 is 0.